The van der Waals surface area contributed by atoms with Crippen LogP contribution in [0, 0.1) is 0 Å². The van der Waals surface area contributed by atoms with Crippen LogP contribution in [0.25, 0.3) is 0 Å². The van der Waals surface area contributed by atoms with E-state index in [0.717, 1.165) is 31.6 Å². The molecule has 0 unspecified atom stereocenters. The van der Waals surface area contributed by atoms with E-state index >= 15 is 0 Å². The molecule has 0 spiro atoms. The molecule has 0 radical (unpaired) electrons. The van der Waals surface area contributed by atoms with Gasteiger partial charge in [-0.1, -0.05) is 24.3 Å². The maximum atomic E-state index is 12.3. The van der Waals surface area contributed by atoms with Crippen LogP contribution >= 0.6 is 12.4 Å². The van der Waals surface area contributed by atoms with Crippen molar-refractivity contribution in [3.8, 4) is 0 Å². The smallest absolute Gasteiger partial charge is 0.263 e. The highest BCUT2D eigenvalue weighted by Gasteiger charge is 2.18. The van der Waals surface area contributed by atoms with E-state index in [1.165, 1.54) is 12.1 Å². The second-order valence-corrected chi connectivity index (χ2v) is 4.33. The minimum absolute atomic E-state index is 0. The fourth-order valence-corrected chi connectivity index (χ4v) is 2.03. The number of halogens is 3. The molecule has 0 bridgehead atoms. The third kappa shape index (κ3) is 3.91. The molecule has 0 aliphatic carbocycles. The molecule has 2 N–H and O–H groups in total. The predicted molar refractivity (Wildman–Crippen MR) is 66.5 cm³/mol. The summed E-state index contributed by atoms with van der Waals surface area (Å²) < 4.78 is 24.7. The van der Waals surface area contributed by atoms with Gasteiger partial charge in [-0.2, -0.15) is 0 Å². The number of hydrogen-bond donors (Lipinski definition) is 1. The fourth-order valence-electron chi connectivity index (χ4n) is 2.03. The van der Waals surface area contributed by atoms with E-state index in [1.807, 2.05) is 0 Å². The molecule has 1 aromatic rings. The molecule has 1 atom stereocenters. The Labute approximate surface area is 106 Å². The van der Waals surface area contributed by atoms with E-state index in [-0.39, 0.29) is 24.0 Å². The van der Waals surface area contributed by atoms with Gasteiger partial charge < -0.3 is 5.73 Å². The van der Waals surface area contributed by atoms with Crippen LogP contribution in [0.3, 0.4) is 0 Å². The SMILES string of the molecule is Cl.N[C@@H]1CCN(Cc2ccc(C(F)F)cc2)C1. The van der Waals surface area contributed by atoms with Gasteiger partial charge in [-0.3, -0.25) is 4.90 Å². The number of hydrogen-bond acceptors (Lipinski definition) is 2. The van der Waals surface area contributed by atoms with Crippen molar-refractivity contribution in [3.63, 3.8) is 0 Å². The second kappa shape index (κ2) is 6.28. The lowest BCUT2D eigenvalue weighted by atomic mass is 10.1. The highest BCUT2D eigenvalue weighted by molar-refractivity contribution is 5.85. The Morgan fingerprint density at radius 2 is 1.94 bits per heavy atom. The molecule has 17 heavy (non-hydrogen) atoms. The van der Waals surface area contributed by atoms with Crippen molar-refractivity contribution in [2.24, 2.45) is 5.73 Å². The lowest BCUT2D eigenvalue weighted by molar-refractivity contribution is 0.151. The molecule has 2 rings (SSSR count). The molecule has 1 fully saturated rings. The number of nitrogens with zero attached hydrogens (tertiary/aromatic N) is 1. The third-order valence-electron chi connectivity index (χ3n) is 2.95. The summed E-state index contributed by atoms with van der Waals surface area (Å²) in [5, 5.41) is 0. The van der Waals surface area contributed by atoms with Crippen LogP contribution in [-0.2, 0) is 6.54 Å². The van der Waals surface area contributed by atoms with Crippen molar-refractivity contribution in [2.75, 3.05) is 13.1 Å². The molecule has 1 heterocycles. The molecular weight excluding hydrogens is 246 g/mol. The maximum Gasteiger partial charge on any atom is 0.263 e. The first-order valence-corrected chi connectivity index (χ1v) is 5.50. The topological polar surface area (TPSA) is 29.3 Å². The van der Waals surface area contributed by atoms with Crippen LogP contribution in [0.1, 0.15) is 24.0 Å². The maximum absolute atomic E-state index is 12.3. The Balaban J connectivity index is 0.00000144. The molecule has 1 aliphatic rings. The molecule has 1 saturated heterocycles. The summed E-state index contributed by atoms with van der Waals surface area (Å²) in [6, 6.07) is 6.79. The van der Waals surface area contributed by atoms with E-state index in [4.69, 9.17) is 5.73 Å². The summed E-state index contributed by atoms with van der Waals surface area (Å²) in [5.74, 6) is 0. The lowest BCUT2D eigenvalue weighted by Gasteiger charge is -2.15. The summed E-state index contributed by atoms with van der Waals surface area (Å²) in [6.45, 7) is 2.70. The Kier molecular flexibility index (Phi) is 5.31. The fraction of sp³-hybridized carbons (Fsp3) is 0.500. The molecule has 96 valence electrons. The van der Waals surface area contributed by atoms with Crippen molar-refractivity contribution < 1.29 is 8.78 Å². The number of likely N-dealkylation sites (tertiary alicyclic amines) is 1. The quantitative estimate of drug-likeness (QED) is 0.907. The van der Waals surface area contributed by atoms with Crippen molar-refractivity contribution in [3.05, 3.63) is 35.4 Å². The summed E-state index contributed by atoms with van der Waals surface area (Å²) in [6.07, 6.45) is -1.36. The highest BCUT2D eigenvalue weighted by Crippen LogP contribution is 2.20. The molecule has 1 aliphatic heterocycles. The zero-order chi connectivity index (χ0) is 11.5. The largest absolute Gasteiger partial charge is 0.326 e. The molecule has 0 amide bonds. The molecule has 0 saturated carbocycles. The van der Waals surface area contributed by atoms with Gasteiger partial charge in [-0.25, -0.2) is 8.78 Å². The molecule has 5 heteroatoms. The standard InChI is InChI=1S/C12H16F2N2.ClH/c13-12(14)10-3-1-9(2-4-10)7-16-6-5-11(15)8-16;/h1-4,11-12H,5-8,15H2;1H/t11-;/m1./s1. The molecule has 1 aromatic carbocycles. The van der Waals surface area contributed by atoms with Gasteiger partial charge in [0.05, 0.1) is 0 Å². The number of benzene rings is 1. The Hall–Kier alpha value is -0.710. The highest BCUT2D eigenvalue weighted by atomic mass is 35.5. The van der Waals surface area contributed by atoms with E-state index in [9.17, 15) is 8.78 Å². The van der Waals surface area contributed by atoms with Crippen LogP contribution < -0.4 is 5.73 Å². The van der Waals surface area contributed by atoms with E-state index in [1.54, 1.807) is 12.1 Å². The van der Waals surface area contributed by atoms with E-state index < -0.39 is 6.43 Å². The summed E-state index contributed by atoms with van der Waals surface area (Å²) in [7, 11) is 0. The zero-order valence-corrected chi connectivity index (χ0v) is 10.3. The molecule has 0 aromatic heterocycles. The van der Waals surface area contributed by atoms with Gasteiger partial charge in [0.2, 0.25) is 0 Å². The van der Waals surface area contributed by atoms with Gasteiger partial charge in [0, 0.05) is 31.2 Å². The van der Waals surface area contributed by atoms with Crippen LogP contribution in [0.15, 0.2) is 24.3 Å². The first-order chi connectivity index (χ1) is 7.65. The van der Waals surface area contributed by atoms with Crippen molar-refractivity contribution in [2.45, 2.75) is 25.4 Å². The molecule has 2 nitrogen and oxygen atoms in total. The number of alkyl halides is 2. The number of nitrogens with two attached hydrogens (primary N) is 1. The Bertz CT molecular complexity index is 343. The van der Waals surface area contributed by atoms with E-state index in [0.29, 0.717) is 0 Å². The lowest BCUT2D eigenvalue weighted by Crippen LogP contribution is -2.26. The van der Waals surface area contributed by atoms with Crippen LogP contribution in [-0.4, -0.2) is 24.0 Å². The first kappa shape index (κ1) is 14.4. The number of rotatable bonds is 3. The van der Waals surface area contributed by atoms with Crippen LogP contribution in [0.2, 0.25) is 0 Å². The Morgan fingerprint density at radius 3 is 2.41 bits per heavy atom. The average Bonchev–Trinajstić information content (AvgIpc) is 2.65. The van der Waals surface area contributed by atoms with Crippen LogP contribution in [0.4, 0.5) is 8.78 Å². The summed E-state index contributed by atoms with van der Waals surface area (Å²) in [5.41, 5.74) is 6.95. The van der Waals surface area contributed by atoms with Gasteiger partial charge >= 0.3 is 0 Å². The summed E-state index contributed by atoms with van der Waals surface area (Å²) in [4.78, 5) is 2.25. The van der Waals surface area contributed by atoms with Crippen molar-refractivity contribution in [1.29, 1.82) is 0 Å². The van der Waals surface area contributed by atoms with Gasteiger partial charge in [0.15, 0.2) is 0 Å². The van der Waals surface area contributed by atoms with Gasteiger partial charge in [0.25, 0.3) is 6.43 Å². The zero-order valence-electron chi connectivity index (χ0n) is 9.48. The normalized spacial score (nSPS) is 20.6. The first-order valence-electron chi connectivity index (χ1n) is 5.50. The second-order valence-electron chi connectivity index (χ2n) is 4.33. The van der Waals surface area contributed by atoms with Gasteiger partial charge in [-0.05, 0) is 12.0 Å². The van der Waals surface area contributed by atoms with Crippen molar-refractivity contribution >= 4 is 12.4 Å². The minimum Gasteiger partial charge on any atom is -0.326 e. The average molecular weight is 263 g/mol. The predicted octanol–water partition coefficient (Wildman–Crippen LogP) is 2.58. The van der Waals surface area contributed by atoms with Gasteiger partial charge in [-0.15, -0.1) is 12.4 Å². The summed E-state index contributed by atoms with van der Waals surface area (Å²) >= 11 is 0. The van der Waals surface area contributed by atoms with E-state index in [2.05, 4.69) is 4.90 Å². The third-order valence-corrected chi connectivity index (χ3v) is 2.95. The monoisotopic (exact) mass is 262 g/mol. The van der Waals surface area contributed by atoms with Crippen molar-refractivity contribution in [1.82, 2.24) is 4.90 Å². The minimum atomic E-state index is -2.38. The Morgan fingerprint density at radius 1 is 1.29 bits per heavy atom. The van der Waals surface area contributed by atoms with Crippen LogP contribution in [0.5, 0.6) is 0 Å². The van der Waals surface area contributed by atoms with Gasteiger partial charge in [0.1, 0.15) is 0 Å². The molecular formula is C12H17ClF2N2.